The van der Waals surface area contributed by atoms with Crippen LogP contribution in [0, 0.1) is 0 Å². The minimum absolute atomic E-state index is 0.323. The van der Waals surface area contributed by atoms with Gasteiger partial charge in [0.1, 0.15) is 6.29 Å². The number of carbonyl (C=O) groups excluding carboxylic acids is 2. The van der Waals surface area contributed by atoms with Crippen molar-refractivity contribution in [3.8, 4) is 11.5 Å². The second-order valence-electron chi connectivity index (χ2n) is 3.51. The maximum atomic E-state index is 10.8. The molecule has 0 saturated heterocycles. The second kappa shape index (κ2) is 5.63. The first kappa shape index (κ1) is 11.9. The monoisotopic (exact) mass is 242 g/mol. The lowest BCUT2D eigenvalue weighted by atomic mass is 10.2. The SMILES string of the molecule is O=Cc1cccc(OOc2ccccc2C=O)c1. The Kier molecular flexibility index (Phi) is 3.71. The zero-order valence-electron chi connectivity index (χ0n) is 9.41. The van der Waals surface area contributed by atoms with Crippen LogP contribution in [0.4, 0.5) is 0 Å². The summed E-state index contributed by atoms with van der Waals surface area (Å²) in [7, 11) is 0. The molecule has 0 radical (unpaired) electrons. The number of hydrogen-bond acceptors (Lipinski definition) is 4. The highest BCUT2D eigenvalue weighted by molar-refractivity contribution is 5.79. The molecule has 0 aliphatic rings. The highest BCUT2D eigenvalue weighted by Crippen LogP contribution is 2.18. The van der Waals surface area contributed by atoms with Crippen LogP contribution in [0.25, 0.3) is 0 Å². The largest absolute Gasteiger partial charge is 0.298 e. The van der Waals surface area contributed by atoms with E-state index in [0.717, 1.165) is 0 Å². The standard InChI is InChI=1S/C14H10O4/c15-9-11-4-3-6-13(8-11)17-18-14-7-2-1-5-12(14)10-16/h1-10H. The van der Waals surface area contributed by atoms with E-state index in [1.165, 1.54) is 6.07 Å². The molecule has 0 amide bonds. The molecule has 0 aromatic heterocycles. The van der Waals surface area contributed by atoms with Gasteiger partial charge < -0.3 is 0 Å². The van der Waals surface area contributed by atoms with Gasteiger partial charge in [0, 0.05) is 5.56 Å². The molecule has 0 atom stereocenters. The van der Waals surface area contributed by atoms with Crippen molar-refractivity contribution < 1.29 is 19.4 Å². The van der Waals surface area contributed by atoms with E-state index in [-0.39, 0.29) is 0 Å². The van der Waals surface area contributed by atoms with Crippen molar-refractivity contribution in [1.29, 1.82) is 0 Å². The minimum Gasteiger partial charge on any atom is -0.298 e. The molecule has 0 aliphatic carbocycles. The van der Waals surface area contributed by atoms with Gasteiger partial charge in [0.05, 0.1) is 5.56 Å². The van der Waals surface area contributed by atoms with Gasteiger partial charge in [-0.1, -0.05) is 24.3 Å². The van der Waals surface area contributed by atoms with Gasteiger partial charge >= 0.3 is 0 Å². The normalized spacial score (nSPS) is 9.56. The van der Waals surface area contributed by atoms with Crippen LogP contribution in [-0.2, 0) is 0 Å². The predicted molar refractivity (Wildman–Crippen MR) is 64.9 cm³/mol. The van der Waals surface area contributed by atoms with Gasteiger partial charge in [-0.2, -0.15) is 0 Å². The quantitative estimate of drug-likeness (QED) is 0.459. The molecule has 2 rings (SSSR count). The number of rotatable bonds is 5. The molecule has 90 valence electrons. The molecule has 2 aromatic carbocycles. The topological polar surface area (TPSA) is 52.6 Å². The first-order valence-corrected chi connectivity index (χ1v) is 5.27. The zero-order valence-corrected chi connectivity index (χ0v) is 9.41. The van der Waals surface area contributed by atoms with Crippen molar-refractivity contribution in [2.24, 2.45) is 0 Å². The van der Waals surface area contributed by atoms with Crippen LogP contribution < -0.4 is 9.78 Å². The smallest absolute Gasteiger partial charge is 0.189 e. The molecule has 0 fully saturated rings. The summed E-state index contributed by atoms with van der Waals surface area (Å²) in [4.78, 5) is 31.5. The van der Waals surface area contributed by atoms with Gasteiger partial charge in [-0.15, -0.1) is 0 Å². The van der Waals surface area contributed by atoms with E-state index in [9.17, 15) is 9.59 Å². The van der Waals surface area contributed by atoms with Gasteiger partial charge in [-0.25, -0.2) is 0 Å². The van der Waals surface area contributed by atoms with E-state index in [4.69, 9.17) is 9.78 Å². The van der Waals surface area contributed by atoms with Crippen molar-refractivity contribution in [2.75, 3.05) is 0 Å². The summed E-state index contributed by atoms with van der Waals surface area (Å²) in [5.41, 5.74) is 0.879. The molecule has 2 aromatic rings. The van der Waals surface area contributed by atoms with Crippen LogP contribution in [0.15, 0.2) is 48.5 Å². The third-order valence-corrected chi connectivity index (χ3v) is 2.27. The Hall–Kier alpha value is -2.62. The van der Waals surface area contributed by atoms with Crippen LogP contribution in [0.1, 0.15) is 20.7 Å². The third kappa shape index (κ3) is 2.74. The van der Waals surface area contributed by atoms with E-state index < -0.39 is 0 Å². The Morgan fingerprint density at radius 2 is 1.67 bits per heavy atom. The van der Waals surface area contributed by atoms with E-state index >= 15 is 0 Å². The van der Waals surface area contributed by atoms with Crippen molar-refractivity contribution in [3.05, 3.63) is 59.7 Å². The molecule has 0 unspecified atom stereocenters. The highest BCUT2D eigenvalue weighted by Gasteiger charge is 2.04. The number of carbonyl (C=O) groups is 2. The van der Waals surface area contributed by atoms with Crippen molar-refractivity contribution >= 4 is 12.6 Å². The average molecular weight is 242 g/mol. The minimum atomic E-state index is 0.323. The fraction of sp³-hybridized carbons (Fsp3) is 0. The summed E-state index contributed by atoms with van der Waals surface area (Å²) in [6.45, 7) is 0. The van der Waals surface area contributed by atoms with Crippen molar-refractivity contribution in [1.82, 2.24) is 0 Å². The number of aldehydes is 2. The summed E-state index contributed by atoms with van der Waals surface area (Å²) in [5, 5.41) is 0. The molecular formula is C14H10O4. The number of benzene rings is 2. The van der Waals surface area contributed by atoms with Gasteiger partial charge in [0.15, 0.2) is 17.8 Å². The number of para-hydroxylation sites is 1. The third-order valence-electron chi connectivity index (χ3n) is 2.27. The maximum Gasteiger partial charge on any atom is 0.189 e. The van der Waals surface area contributed by atoms with Crippen LogP contribution in [0.5, 0.6) is 11.5 Å². The Morgan fingerprint density at radius 3 is 2.44 bits per heavy atom. The average Bonchev–Trinajstić information content (AvgIpc) is 2.45. The fourth-order valence-electron chi connectivity index (χ4n) is 1.39. The predicted octanol–water partition coefficient (Wildman–Crippen LogP) is 2.68. The summed E-state index contributed by atoms with van der Waals surface area (Å²) in [6, 6.07) is 13.2. The summed E-state index contributed by atoms with van der Waals surface area (Å²) in [6.07, 6.45) is 1.40. The van der Waals surface area contributed by atoms with E-state index in [1.54, 1.807) is 42.5 Å². The van der Waals surface area contributed by atoms with E-state index in [2.05, 4.69) is 0 Å². The second-order valence-corrected chi connectivity index (χ2v) is 3.51. The fourth-order valence-corrected chi connectivity index (χ4v) is 1.39. The molecular weight excluding hydrogens is 232 g/mol. The lowest BCUT2D eigenvalue weighted by Gasteiger charge is -2.07. The van der Waals surface area contributed by atoms with Crippen LogP contribution >= 0.6 is 0 Å². The Balaban J connectivity index is 2.11. The van der Waals surface area contributed by atoms with Gasteiger partial charge in [0.2, 0.25) is 0 Å². The van der Waals surface area contributed by atoms with Gasteiger partial charge in [-0.3, -0.25) is 19.4 Å². The Morgan fingerprint density at radius 1 is 0.833 bits per heavy atom. The molecule has 4 heteroatoms. The first-order chi connectivity index (χ1) is 8.83. The molecule has 0 spiro atoms. The molecule has 0 heterocycles. The van der Waals surface area contributed by atoms with Gasteiger partial charge in [-0.05, 0) is 24.3 Å². The Bertz CT molecular complexity index is 563. The van der Waals surface area contributed by atoms with Crippen molar-refractivity contribution in [3.63, 3.8) is 0 Å². The molecule has 18 heavy (non-hydrogen) atoms. The van der Waals surface area contributed by atoms with E-state index in [0.29, 0.717) is 35.2 Å². The lowest BCUT2D eigenvalue weighted by Crippen LogP contribution is -2.02. The number of hydrogen-bond donors (Lipinski definition) is 0. The van der Waals surface area contributed by atoms with Gasteiger partial charge in [0.25, 0.3) is 0 Å². The lowest BCUT2D eigenvalue weighted by molar-refractivity contribution is -0.100. The first-order valence-electron chi connectivity index (χ1n) is 5.27. The summed E-state index contributed by atoms with van der Waals surface area (Å²) < 4.78 is 0. The zero-order chi connectivity index (χ0) is 12.8. The maximum absolute atomic E-state index is 10.8. The molecule has 0 saturated carbocycles. The highest BCUT2D eigenvalue weighted by atomic mass is 17.2. The van der Waals surface area contributed by atoms with Crippen molar-refractivity contribution in [2.45, 2.75) is 0 Å². The molecule has 0 N–H and O–H groups in total. The van der Waals surface area contributed by atoms with Crippen LogP contribution in [0.3, 0.4) is 0 Å². The van der Waals surface area contributed by atoms with E-state index in [1.807, 2.05) is 0 Å². The van der Waals surface area contributed by atoms with Crippen LogP contribution in [0.2, 0.25) is 0 Å². The van der Waals surface area contributed by atoms with Crippen LogP contribution in [-0.4, -0.2) is 12.6 Å². The molecule has 0 aliphatic heterocycles. The Labute approximate surface area is 104 Å². The molecule has 4 nitrogen and oxygen atoms in total. The summed E-state index contributed by atoms with van der Waals surface area (Å²) >= 11 is 0. The summed E-state index contributed by atoms with van der Waals surface area (Å²) in [5.74, 6) is 0.712. The molecule has 0 bridgehead atoms.